The molecular weight excluding hydrogens is 196 g/mol. The Bertz CT molecular complexity index is 337. The molecule has 0 unspecified atom stereocenters. The van der Waals surface area contributed by atoms with Gasteiger partial charge in [0.1, 0.15) is 5.69 Å². The molecule has 0 bridgehead atoms. The summed E-state index contributed by atoms with van der Waals surface area (Å²) in [7, 11) is 0. The van der Waals surface area contributed by atoms with Gasteiger partial charge in [0.25, 0.3) is 5.13 Å². The highest BCUT2D eigenvalue weighted by Crippen LogP contribution is 2.25. The van der Waals surface area contributed by atoms with Crippen molar-refractivity contribution in [2.75, 3.05) is 0 Å². The topological polar surface area (TPSA) is 78.9 Å². The minimum Gasteiger partial charge on any atom is -0.311 e. The van der Waals surface area contributed by atoms with Crippen molar-refractivity contribution in [3.8, 4) is 0 Å². The summed E-state index contributed by atoms with van der Waals surface area (Å²) in [4.78, 5) is 8.58. The molecule has 0 spiro atoms. The largest absolute Gasteiger partial charge is 0.311 e. The van der Waals surface area contributed by atoms with Gasteiger partial charge in [-0.2, -0.15) is 0 Å². The number of guanidine groups is 1. The molecular formula is C9H17N4S+. The van der Waals surface area contributed by atoms with Gasteiger partial charge < -0.3 is 11.5 Å². The zero-order valence-corrected chi connectivity index (χ0v) is 9.61. The maximum atomic E-state index is 5.35. The number of aromatic nitrogens is 1. The smallest absolute Gasteiger partial charge is 0.303 e. The molecule has 4 nitrogen and oxygen atoms in total. The van der Waals surface area contributed by atoms with Gasteiger partial charge in [-0.15, -0.1) is 4.98 Å². The van der Waals surface area contributed by atoms with E-state index in [1.165, 1.54) is 4.88 Å². The molecule has 0 atom stereocenters. The van der Waals surface area contributed by atoms with Crippen LogP contribution in [0, 0.1) is 0 Å². The first kappa shape index (κ1) is 11.0. The molecule has 1 aromatic rings. The number of rotatable bonds is 3. The number of aryl methyl sites for hydroxylation is 1. The number of hydrogen-bond acceptors (Lipinski definition) is 2. The average molecular weight is 213 g/mol. The first-order valence-corrected chi connectivity index (χ1v) is 5.50. The number of nitrogens with two attached hydrogens (primary N) is 2. The lowest BCUT2D eigenvalue weighted by Gasteiger charge is -1.98. The van der Waals surface area contributed by atoms with Crippen LogP contribution in [0.4, 0.5) is 5.13 Å². The third-order valence-electron chi connectivity index (χ3n) is 1.85. The quantitative estimate of drug-likeness (QED) is 0.481. The van der Waals surface area contributed by atoms with E-state index in [1.54, 1.807) is 11.3 Å². The van der Waals surface area contributed by atoms with Crippen LogP contribution in [0.5, 0.6) is 0 Å². The lowest BCUT2D eigenvalue weighted by Crippen LogP contribution is -2.72. The molecule has 5 N–H and O–H groups in total. The molecule has 14 heavy (non-hydrogen) atoms. The summed E-state index contributed by atoms with van der Waals surface area (Å²) in [5, 5.41) is 0.783. The molecule has 5 heteroatoms. The normalized spacial score (nSPS) is 10.6. The van der Waals surface area contributed by atoms with E-state index in [0.29, 0.717) is 5.92 Å². The number of nitrogens with zero attached hydrogens (tertiary/aromatic N) is 1. The van der Waals surface area contributed by atoms with Crippen molar-refractivity contribution in [3.05, 3.63) is 10.6 Å². The zero-order valence-electron chi connectivity index (χ0n) is 8.79. The maximum Gasteiger partial charge on any atom is 0.303 e. The van der Waals surface area contributed by atoms with E-state index in [0.717, 1.165) is 17.2 Å². The summed E-state index contributed by atoms with van der Waals surface area (Å²) in [6.45, 7) is 6.39. The van der Waals surface area contributed by atoms with Crippen molar-refractivity contribution in [1.82, 2.24) is 4.98 Å². The summed E-state index contributed by atoms with van der Waals surface area (Å²) in [6, 6.07) is 0. The predicted octanol–water partition coefficient (Wildman–Crippen LogP) is -0.186. The number of hydrogen-bond donors (Lipinski definition) is 3. The SMILES string of the molecule is CCc1sc([NH+]=C(N)N)nc1C(C)C. The second kappa shape index (κ2) is 4.41. The second-order valence-corrected chi connectivity index (χ2v) is 4.50. The Hall–Kier alpha value is -1.10. The summed E-state index contributed by atoms with van der Waals surface area (Å²) in [6.07, 6.45) is 0.997. The lowest BCUT2D eigenvalue weighted by molar-refractivity contribution is -0.355. The van der Waals surface area contributed by atoms with Gasteiger partial charge in [0.2, 0.25) is 0 Å². The molecule has 0 radical (unpaired) electrons. The van der Waals surface area contributed by atoms with E-state index in [4.69, 9.17) is 11.5 Å². The highest BCUT2D eigenvalue weighted by atomic mass is 32.1. The van der Waals surface area contributed by atoms with Gasteiger partial charge >= 0.3 is 5.96 Å². The molecule has 0 saturated carbocycles. The van der Waals surface area contributed by atoms with Crippen molar-refractivity contribution in [2.45, 2.75) is 33.1 Å². The molecule has 0 fully saturated rings. The molecule has 1 heterocycles. The van der Waals surface area contributed by atoms with Gasteiger partial charge in [0.05, 0.1) is 0 Å². The van der Waals surface area contributed by atoms with Crippen LogP contribution in [-0.4, -0.2) is 10.9 Å². The third kappa shape index (κ3) is 2.45. The summed E-state index contributed by atoms with van der Waals surface area (Å²) >= 11 is 1.61. The minimum atomic E-state index is 0.191. The summed E-state index contributed by atoms with van der Waals surface area (Å²) < 4.78 is 0. The fraction of sp³-hybridized carbons (Fsp3) is 0.556. The lowest BCUT2D eigenvalue weighted by atomic mass is 10.1. The van der Waals surface area contributed by atoms with Crippen molar-refractivity contribution < 1.29 is 4.99 Å². The third-order valence-corrected chi connectivity index (χ3v) is 2.98. The minimum absolute atomic E-state index is 0.191. The van der Waals surface area contributed by atoms with Gasteiger partial charge in [-0.3, -0.25) is 0 Å². The number of nitrogens with one attached hydrogen (secondary N) is 1. The van der Waals surface area contributed by atoms with Gasteiger partial charge in [-0.05, 0) is 6.42 Å². The maximum absolute atomic E-state index is 5.35. The molecule has 0 saturated heterocycles. The second-order valence-electron chi connectivity index (χ2n) is 3.42. The fourth-order valence-electron chi connectivity index (χ4n) is 1.24. The molecule has 1 rings (SSSR count). The van der Waals surface area contributed by atoms with Crippen molar-refractivity contribution in [2.24, 2.45) is 11.5 Å². The molecule has 0 aromatic carbocycles. The molecule has 0 amide bonds. The fourth-order valence-corrected chi connectivity index (χ4v) is 2.32. The van der Waals surface area contributed by atoms with Crippen LogP contribution in [0.3, 0.4) is 0 Å². The van der Waals surface area contributed by atoms with E-state index in [9.17, 15) is 0 Å². The van der Waals surface area contributed by atoms with Gasteiger partial charge in [-0.25, -0.2) is 4.99 Å². The van der Waals surface area contributed by atoms with E-state index in [-0.39, 0.29) is 5.96 Å². The highest BCUT2D eigenvalue weighted by Gasteiger charge is 2.15. The van der Waals surface area contributed by atoms with Gasteiger partial charge in [-0.1, -0.05) is 32.1 Å². The van der Waals surface area contributed by atoms with Gasteiger partial charge in [0, 0.05) is 10.8 Å². The first-order valence-electron chi connectivity index (χ1n) is 4.69. The zero-order chi connectivity index (χ0) is 10.7. The van der Waals surface area contributed by atoms with E-state index in [1.807, 2.05) is 0 Å². The Balaban J connectivity index is 3.07. The van der Waals surface area contributed by atoms with Gasteiger partial charge in [0.15, 0.2) is 0 Å². The first-order chi connectivity index (χ1) is 6.54. The molecule has 0 aliphatic rings. The number of thiazole rings is 1. The van der Waals surface area contributed by atoms with Crippen LogP contribution in [0.1, 0.15) is 37.3 Å². The van der Waals surface area contributed by atoms with Crippen LogP contribution in [0.2, 0.25) is 0 Å². The molecule has 0 aliphatic carbocycles. The Morgan fingerprint density at radius 2 is 2.14 bits per heavy atom. The Kier molecular flexibility index (Phi) is 3.46. The van der Waals surface area contributed by atoms with Crippen LogP contribution in [0.15, 0.2) is 0 Å². The van der Waals surface area contributed by atoms with Crippen LogP contribution in [-0.2, 0) is 6.42 Å². The standard InChI is InChI=1S/C9H16N4S/c1-4-6-7(5(2)3)12-9(14-6)13-8(10)11/h5H,4H2,1-3H3,(H4,10,11,12,13)/p+1. The van der Waals surface area contributed by atoms with Crippen molar-refractivity contribution in [3.63, 3.8) is 0 Å². The summed E-state index contributed by atoms with van der Waals surface area (Å²) in [5.41, 5.74) is 11.8. The summed E-state index contributed by atoms with van der Waals surface area (Å²) in [5.74, 6) is 0.632. The van der Waals surface area contributed by atoms with Crippen LogP contribution in [0.25, 0.3) is 0 Å². The average Bonchev–Trinajstić information content (AvgIpc) is 2.46. The molecule has 78 valence electrons. The molecule has 1 aromatic heterocycles. The van der Waals surface area contributed by atoms with E-state index in [2.05, 4.69) is 30.7 Å². The van der Waals surface area contributed by atoms with Crippen LogP contribution < -0.4 is 16.5 Å². The van der Waals surface area contributed by atoms with Crippen LogP contribution >= 0.6 is 11.3 Å². The van der Waals surface area contributed by atoms with E-state index >= 15 is 0 Å². The Labute approximate surface area is 88.1 Å². The highest BCUT2D eigenvalue weighted by molar-refractivity contribution is 7.14. The van der Waals surface area contributed by atoms with Crippen molar-refractivity contribution in [1.29, 1.82) is 0 Å². The Morgan fingerprint density at radius 1 is 1.50 bits per heavy atom. The predicted molar refractivity (Wildman–Crippen MR) is 59.6 cm³/mol. The molecule has 0 aliphatic heterocycles. The van der Waals surface area contributed by atoms with E-state index < -0.39 is 0 Å². The van der Waals surface area contributed by atoms with Crippen molar-refractivity contribution >= 4 is 22.4 Å². The monoisotopic (exact) mass is 213 g/mol. The Morgan fingerprint density at radius 3 is 2.50 bits per heavy atom.